The quantitative estimate of drug-likeness (QED) is 0.200. The molecule has 12 heteroatoms. The number of amides is 1. The number of carbonyl (C=O) groups excluding carboxylic acids is 1. The fraction of sp³-hybridized carbons (Fsp3) is 0.143. The lowest BCUT2D eigenvalue weighted by Gasteiger charge is -2.28. The summed E-state index contributed by atoms with van der Waals surface area (Å²) in [5.41, 5.74) is 6.10. The van der Waals surface area contributed by atoms with Crippen molar-refractivity contribution < 1.29 is 24.4 Å². The zero-order valence-corrected chi connectivity index (χ0v) is 14.1. The molecule has 0 bridgehead atoms. The second kappa shape index (κ2) is 7.02. The monoisotopic (exact) mass is 375 g/mol. The van der Waals surface area contributed by atoms with Crippen molar-refractivity contribution in [2.75, 3.05) is 5.73 Å². The summed E-state index contributed by atoms with van der Waals surface area (Å²) in [4.78, 5) is 27.6. The molecule has 1 atom stereocenters. The van der Waals surface area contributed by atoms with Crippen LogP contribution in [0.4, 0.5) is 5.13 Å². The molecule has 7 N–H and O–H groups in total. The number of aromatic carboxylic acids is 1. The van der Waals surface area contributed by atoms with Crippen molar-refractivity contribution in [1.82, 2.24) is 10.3 Å². The number of anilines is 1. The average molecular weight is 375 g/mol. The Balaban J connectivity index is 1.80. The summed E-state index contributed by atoms with van der Waals surface area (Å²) in [6, 6.07) is 4.59. The van der Waals surface area contributed by atoms with Crippen molar-refractivity contribution in [3.8, 4) is 5.75 Å². The van der Waals surface area contributed by atoms with Crippen LogP contribution in [0.2, 0.25) is 0 Å². The number of aromatic nitrogens is 1. The van der Waals surface area contributed by atoms with E-state index in [0.29, 0.717) is 5.56 Å². The number of benzene rings is 1. The van der Waals surface area contributed by atoms with Gasteiger partial charge in [-0.3, -0.25) is 4.79 Å². The van der Waals surface area contributed by atoms with E-state index in [1.54, 1.807) is 12.1 Å². The lowest BCUT2D eigenvalue weighted by Crippen LogP contribution is -2.54. The van der Waals surface area contributed by atoms with Gasteiger partial charge in [-0.05, 0) is 18.1 Å². The van der Waals surface area contributed by atoms with Crippen molar-refractivity contribution >= 4 is 41.2 Å². The molecule has 2 heterocycles. The number of nitrogens with two attached hydrogens (primary N) is 2. The van der Waals surface area contributed by atoms with Crippen LogP contribution in [-0.4, -0.2) is 45.8 Å². The second-order valence-electron chi connectivity index (χ2n) is 5.44. The molecule has 0 radical (unpaired) electrons. The van der Waals surface area contributed by atoms with Gasteiger partial charge in [0, 0.05) is 5.38 Å². The molecule has 2 aromatic rings. The van der Waals surface area contributed by atoms with Crippen molar-refractivity contribution in [2.24, 2.45) is 10.9 Å². The van der Waals surface area contributed by atoms with E-state index in [4.69, 9.17) is 16.2 Å². The topological polar surface area (TPSA) is 173 Å². The highest BCUT2D eigenvalue weighted by molar-refractivity contribution is 7.13. The van der Waals surface area contributed by atoms with Crippen LogP contribution < -0.4 is 21.5 Å². The molecule has 3 rings (SSSR count). The third-order valence-corrected chi connectivity index (χ3v) is 4.45. The first-order valence-corrected chi connectivity index (χ1v) is 8.28. The first-order valence-electron chi connectivity index (χ1n) is 7.40. The Labute approximate surface area is 151 Å². The normalized spacial score (nSPS) is 16.6. The summed E-state index contributed by atoms with van der Waals surface area (Å²) in [6.45, 7) is 0. The Morgan fingerprint density at radius 1 is 1.46 bits per heavy atom. The minimum absolute atomic E-state index is 0.0616. The molecule has 1 aliphatic rings. The summed E-state index contributed by atoms with van der Waals surface area (Å²) in [5, 5.41) is 27.2. The van der Waals surface area contributed by atoms with Gasteiger partial charge in [0.05, 0.1) is 11.5 Å². The molecule has 26 heavy (non-hydrogen) atoms. The van der Waals surface area contributed by atoms with Gasteiger partial charge in [-0.25, -0.2) is 9.78 Å². The van der Waals surface area contributed by atoms with Crippen LogP contribution in [0.5, 0.6) is 5.75 Å². The highest BCUT2D eigenvalue weighted by Crippen LogP contribution is 2.30. The Morgan fingerprint density at radius 2 is 2.23 bits per heavy atom. The molecule has 0 saturated heterocycles. The minimum Gasteiger partial charge on any atom is -0.534 e. The van der Waals surface area contributed by atoms with Gasteiger partial charge in [-0.15, -0.1) is 11.3 Å². The first-order chi connectivity index (χ1) is 12.4. The molecular weight excluding hydrogens is 361 g/mol. The number of carbonyl (C=O) groups is 2. The third-order valence-electron chi connectivity index (χ3n) is 3.77. The Hall–Kier alpha value is -3.12. The average Bonchev–Trinajstić information content (AvgIpc) is 3.01. The summed E-state index contributed by atoms with van der Waals surface area (Å²) >= 11 is 1.13. The van der Waals surface area contributed by atoms with Crippen LogP contribution in [0.3, 0.4) is 0 Å². The van der Waals surface area contributed by atoms with E-state index in [9.17, 15) is 19.7 Å². The largest absolute Gasteiger partial charge is 0.547 e. The van der Waals surface area contributed by atoms with E-state index < -0.39 is 24.9 Å². The number of nitrogens with one attached hydrogen (secondary N) is 1. The number of hydrogen-bond donors (Lipinski definition) is 5. The highest BCUT2D eigenvalue weighted by atomic mass is 32.1. The Bertz CT molecular complexity index is 902. The van der Waals surface area contributed by atoms with E-state index in [2.05, 4.69) is 15.4 Å². The van der Waals surface area contributed by atoms with E-state index in [0.717, 1.165) is 11.3 Å². The highest BCUT2D eigenvalue weighted by Gasteiger charge is 2.38. The minimum atomic E-state index is -1.44. The van der Waals surface area contributed by atoms with Gasteiger partial charge < -0.3 is 31.7 Å². The van der Waals surface area contributed by atoms with Gasteiger partial charge in [-0.1, -0.05) is 12.1 Å². The predicted octanol–water partition coefficient (Wildman–Crippen LogP) is -0.774. The number of hydrogen-bond acceptors (Lipinski definition) is 9. The van der Waals surface area contributed by atoms with Gasteiger partial charge in [0.1, 0.15) is 11.4 Å². The standard InChI is InChI=1S/C14H14BN5O5S/c16-14-18-8(5-26-14)10(20-17)12(21)19-9-4-6-2-1-3-7(13(22)23)11(6)25-15(9)24/h1-3,5,9,24H,4,17H2,(H2,16,18)(H,19,21)(H,22,23). The second-order valence-corrected chi connectivity index (χ2v) is 6.33. The number of carboxylic acid groups (broad SMARTS) is 1. The molecule has 10 nitrogen and oxygen atoms in total. The molecule has 0 aliphatic carbocycles. The fourth-order valence-corrected chi connectivity index (χ4v) is 3.14. The van der Waals surface area contributed by atoms with Crippen LogP contribution in [0, 0.1) is 0 Å². The Morgan fingerprint density at radius 3 is 2.85 bits per heavy atom. The van der Waals surface area contributed by atoms with Gasteiger partial charge in [0.15, 0.2) is 10.8 Å². The zero-order valence-electron chi connectivity index (χ0n) is 13.2. The number of nitrogens with zero attached hydrogens (tertiary/aromatic N) is 2. The summed E-state index contributed by atoms with van der Waals surface area (Å²) in [5.74, 6) is 2.70. The molecule has 0 fully saturated rings. The molecule has 0 saturated carbocycles. The summed E-state index contributed by atoms with van der Waals surface area (Å²) in [7, 11) is -1.44. The van der Waals surface area contributed by atoms with E-state index >= 15 is 0 Å². The summed E-state index contributed by atoms with van der Waals surface area (Å²) < 4.78 is 5.32. The number of thiazole rings is 1. The zero-order chi connectivity index (χ0) is 18.8. The molecule has 134 valence electrons. The Kier molecular flexibility index (Phi) is 4.78. The molecule has 1 aliphatic heterocycles. The maximum absolute atomic E-state index is 12.4. The maximum atomic E-state index is 12.4. The number of carboxylic acids is 1. The summed E-state index contributed by atoms with van der Waals surface area (Å²) in [6.07, 6.45) is 0.167. The first kappa shape index (κ1) is 17.7. The number of rotatable bonds is 4. The van der Waals surface area contributed by atoms with E-state index in [-0.39, 0.29) is 34.3 Å². The number of para-hydroxylation sites is 1. The fourth-order valence-electron chi connectivity index (χ4n) is 2.59. The number of hydrazone groups is 1. The van der Waals surface area contributed by atoms with Crippen LogP contribution in [0.1, 0.15) is 21.6 Å². The van der Waals surface area contributed by atoms with Crippen LogP contribution in [-0.2, 0) is 11.2 Å². The van der Waals surface area contributed by atoms with Gasteiger partial charge in [0.2, 0.25) is 0 Å². The lowest BCUT2D eigenvalue weighted by atomic mass is 9.72. The SMILES string of the molecule is NN=C(C(=O)NC1Cc2cccc(C(=O)O)c2OB1O)c1csc(N)n1. The van der Waals surface area contributed by atoms with Crippen LogP contribution >= 0.6 is 11.3 Å². The van der Waals surface area contributed by atoms with Gasteiger partial charge >= 0.3 is 13.1 Å². The van der Waals surface area contributed by atoms with Crippen LogP contribution in [0.25, 0.3) is 0 Å². The molecular formula is C14H14BN5O5S. The molecule has 0 spiro atoms. The van der Waals surface area contributed by atoms with Gasteiger partial charge in [-0.2, -0.15) is 5.10 Å². The van der Waals surface area contributed by atoms with Crippen molar-refractivity contribution in [3.63, 3.8) is 0 Å². The maximum Gasteiger partial charge on any atom is 0.547 e. The van der Waals surface area contributed by atoms with Crippen LogP contribution in [0.15, 0.2) is 28.7 Å². The van der Waals surface area contributed by atoms with Crippen molar-refractivity contribution in [1.29, 1.82) is 0 Å². The predicted molar refractivity (Wildman–Crippen MR) is 94.9 cm³/mol. The van der Waals surface area contributed by atoms with Crippen molar-refractivity contribution in [3.05, 3.63) is 40.4 Å². The molecule has 1 aromatic heterocycles. The molecule has 1 amide bonds. The molecule has 1 unspecified atom stereocenters. The van der Waals surface area contributed by atoms with Crippen molar-refractivity contribution in [2.45, 2.75) is 12.4 Å². The van der Waals surface area contributed by atoms with E-state index in [1.807, 2.05) is 0 Å². The number of nitrogen functional groups attached to an aromatic ring is 1. The lowest BCUT2D eigenvalue weighted by molar-refractivity contribution is -0.115. The smallest absolute Gasteiger partial charge is 0.534 e. The van der Waals surface area contributed by atoms with Gasteiger partial charge in [0.25, 0.3) is 5.91 Å². The van der Waals surface area contributed by atoms with E-state index in [1.165, 1.54) is 11.4 Å². The number of fused-ring (bicyclic) bond motifs is 1. The molecule has 1 aromatic carbocycles. The third kappa shape index (κ3) is 3.32.